The average molecular weight is 915 g/mol. The molecule has 0 aromatic rings. The van der Waals surface area contributed by atoms with Crippen molar-refractivity contribution in [3.8, 4) is 0 Å². The largest absolute Gasteiger partial charge is 0.472 e. The normalized spacial score (nSPS) is 15.4. The van der Waals surface area contributed by atoms with Gasteiger partial charge in [0.1, 0.15) is 12.7 Å². The van der Waals surface area contributed by atoms with Crippen molar-refractivity contribution in [1.29, 1.82) is 0 Å². The highest BCUT2D eigenvalue weighted by Crippen LogP contribution is 2.43. The lowest BCUT2D eigenvalue weighted by atomic mass is 10.1. The summed E-state index contributed by atoms with van der Waals surface area (Å²) < 4.78 is 47.7. The zero-order valence-electron chi connectivity index (χ0n) is 37.0. The molecule has 0 radical (unpaired) electrons. The van der Waals surface area contributed by atoms with E-state index in [0.29, 0.717) is 19.3 Å². The van der Waals surface area contributed by atoms with Crippen LogP contribution in [0, 0.1) is 0 Å². The average Bonchev–Trinajstić information content (AvgIpc) is 3.22. The third-order valence-corrected chi connectivity index (χ3v) is 9.90. The second-order valence-electron chi connectivity index (χ2n) is 14.5. The van der Waals surface area contributed by atoms with Crippen LogP contribution in [0.3, 0.4) is 0 Å². The number of hydrogen-bond donors (Lipinski definition) is 5. The zero-order valence-corrected chi connectivity index (χ0v) is 38.8. The van der Waals surface area contributed by atoms with Crippen LogP contribution < -0.4 is 0 Å². The Morgan fingerprint density at radius 2 is 0.952 bits per heavy atom. The van der Waals surface area contributed by atoms with Crippen LogP contribution in [-0.4, -0.2) is 81.6 Å². The molecular weight excluding hydrogens is 838 g/mol. The highest BCUT2D eigenvalue weighted by Gasteiger charge is 2.28. The molecule has 0 aliphatic heterocycles. The van der Waals surface area contributed by atoms with Crippen molar-refractivity contribution in [2.45, 2.75) is 154 Å². The summed E-state index contributed by atoms with van der Waals surface area (Å²) in [5, 5.41) is 19.0. The molecule has 0 fully saturated rings. The first kappa shape index (κ1) is 59.0. The molecule has 0 aliphatic rings. The van der Waals surface area contributed by atoms with Crippen molar-refractivity contribution in [1.82, 2.24) is 0 Å². The molecule has 0 rings (SSSR count). The predicted molar refractivity (Wildman–Crippen MR) is 245 cm³/mol. The minimum absolute atomic E-state index is 0.0795. The fourth-order valence-corrected chi connectivity index (χ4v) is 6.33. The van der Waals surface area contributed by atoms with Crippen molar-refractivity contribution in [3.63, 3.8) is 0 Å². The Labute approximate surface area is 371 Å². The molecule has 0 spiro atoms. The van der Waals surface area contributed by atoms with Gasteiger partial charge in [-0.05, 0) is 103 Å². The van der Waals surface area contributed by atoms with E-state index >= 15 is 0 Å². The van der Waals surface area contributed by atoms with E-state index in [0.717, 1.165) is 89.9 Å². The monoisotopic (exact) mass is 914 g/mol. The highest BCUT2D eigenvalue weighted by atomic mass is 31.2. The summed E-state index contributed by atoms with van der Waals surface area (Å²) in [5.74, 6) is -1.15. The Morgan fingerprint density at radius 1 is 0.516 bits per heavy atom. The number of aliphatic hydroxyl groups excluding tert-OH is 2. The molecular formula is C46H76O14P2. The number of phosphoric acid groups is 2. The summed E-state index contributed by atoms with van der Waals surface area (Å²) in [6, 6.07) is 0. The van der Waals surface area contributed by atoms with Crippen LogP contribution in [0.1, 0.15) is 136 Å². The molecule has 0 aromatic carbocycles. The maximum absolute atomic E-state index is 12.7. The van der Waals surface area contributed by atoms with Crippen molar-refractivity contribution < 1.29 is 66.7 Å². The summed E-state index contributed by atoms with van der Waals surface area (Å²) in [5.41, 5.74) is 0. The standard InChI is InChI=1S/C46H76O14P2/c1-3-4-5-6-7-8-9-10-11-12-15-19-22-25-28-31-34-37-46(50)60-44(41-59-62(54,55)58-39-43(48)38-57-61(51,52)53)40-56-45(49)36-33-30-27-24-21-18-16-13-14-17-20-23-26-29-32-35-42(2)47/h4-5,7-8,10-11,14-19,23-24,26-27,42-44,47-48H,3,6,9,12-13,20-22,25,28-41H2,1-2H3,(H,54,55)(H2,51,52,53)/b5-4-,8-7-,11-10-,17-14-,18-16-,19-15-,26-23-,27-24-/t42-,43+,44-/m1/s1. The van der Waals surface area contributed by atoms with E-state index in [4.69, 9.17) is 23.8 Å². The van der Waals surface area contributed by atoms with Gasteiger partial charge in [0, 0.05) is 12.8 Å². The van der Waals surface area contributed by atoms with Gasteiger partial charge in [0.2, 0.25) is 0 Å². The number of phosphoric ester groups is 2. The maximum atomic E-state index is 12.7. The minimum atomic E-state index is -4.88. The smallest absolute Gasteiger partial charge is 0.462 e. The van der Waals surface area contributed by atoms with Gasteiger partial charge in [-0.3, -0.25) is 23.2 Å². The first-order valence-corrected chi connectivity index (χ1v) is 25.0. The van der Waals surface area contributed by atoms with Crippen LogP contribution in [0.15, 0.2) is 97.2 Å². The molecule has 0 saturated heterocycles. The lowest BCUT2D eigenvalue weighted by molar-refractivity contribution is -0.161. The third-order valence-electron chi connectivity index (χ3n) is 8.47. The van der Waals surface area contributed by atoms with Crippen LogP contribution in [0.2, 0.25) is 0 Å². The number of esters is 2. The molecule has 0 heterocycles. The first-order chi connectivity index (χ1) is 29.7. The Balaban J connectivity index is 4.67. The zero-order chi connectivity index (χ0) is 46.0. The van der Waals surface area contributed by atoms with Crippen molar-refractivity contribution >= 4 is 27.6 Å². The molecule has 5 N–H and O–H groups in total. The molecule has 14 nitrogen and oxygen atoms in total. The molecule has 0 amide bonds. The summed E-state index contributed by atoms with van der Waals surface area (Å²) in [6.07, 6.45) is 45.3. The number of carbonyl (C=O) groups excluding carboxylic acids is 2. The second kappa shape index (κ2) is 40.8. The Bertz CT molecular complexity index is 1480. The van der Waals surface area contributed by atoms with E-state index in [1.54, 1.807) is 6.92 Å². The van der Waals surface area contributed by atoms with Crippen molar-refractivity contribution in [2.24, 2.45) is 0 Å². The molecule has 0 bridgehead atoms. The van der Waals surface area contributed by atoms with Gasteiger partial charge in [0.15, 0.2) is 6.10 Å². The summed E-state index contributed by atoms with van der Waals surface area (Å²) >= 11 is 0. The van der Waals surface area contributed by atoms with Crippen LogP contribution in [0.25, 0.3) is 0 Å². The second-order valence-corrected chi connectivity index (χ2v) is 17.2. The number of aliphatic hydroxyl groups is 2. The Morgan fingerprint density at radius 3 is 1.47 bits per heavy atom. The fourth-order valence-electron chi connectivity index (χ4n) is 5.17. The number of hydrogen-bond acceptors (Lipinski definition) is 11. The van der Waals surface area contributed by atoms with Gasteiger partial charge in [-0.2, -0.15) is 0 Å². The molecule has 62 heavy (non-hydrogen) atoms. The van der Waals surface area contributed by atoms with Crippen LogP contribution >= 0.6 is 15.6 Å². The maximum Gasteiger partial charge on any atom is 0.472 e. The lowest BCUT2D eigenvalue weighted by Crippen LogP contribution is -2.30. The molecule has 0 aromatic heterocycles. The first-order valence-electron chi connectivity index (χ1n) is 22.0. The predicted octanol–water partition coefficient (Wildman–Crippen LogP) is 10.3. The summed E-state index contributed by atoms with van der Waals surface area (Å²) in [6.45, 7) is 1.08. The molecule has 0 saturated carbocycles. The lowest BCUT2D eigenvalue weighted by Gasteiger charge is -2.20. The molecule has 0 aliphatic carbocycles. The Hall–Kier alpha value is -3.00. The summed E-state index contributed by atoms with van der Waals surface area (Å²) in [4.78, 5) is 52.7. The molecule has 354 valence electrons. The Kier molecular flexibility index (Phi) is 38.8. The van der Waals surface area contributed by atoms with E-state index in [9.17, 15) is 33.8 Å². The van der Waals surface area contributed by atoms with Crippen molar-refractivity contribution in [2.75, 3.05) is 26.4 Å². The highest BCUT2D eigenvalue weighted by molar-refractivity contribution is 7.47. The van der Waals surface area contributed by atoms with Crippen LogP contribution in [0.5, 0.6) is 0 Å². The van der Waals surface area contributed by atoms with E-state index in [-0.39, 0.29) is 18.9 Å². The van der Waals surface area contributed by atoms with E-state index in [1.807, 2.05) is 12.2 Å². The van der Waals surface area contributed by atoms with Gasteiger partial charge in [-0.25, -0.2) is 9.13 Å². The number of ether oxygens (including phenoxy) is 2. The SMILES string of the molecule is CC/C=C\C/C=C\C/C=C\C/C=C\CCCCCCC(=O)O[C@H](COC(=O)CCC/C=C\C/C=C\C/C=C\C/C=C\CCC[C@@H](C)O)COP(=O)(O)OC[C@@H](O)COP(=O)(O)O. The molecule has 4 atom stereocenters. The number of rotatable bonds is 40. The van der Waals surface area contributed by atoms with Gasteiger partial charge >= 0.3 is 27.6 Å². The third kappa shape index (κ3) is 45.0. The fraction of sp³-hybridized carbons (Fsp3) is 0.609. The summed E-state index contributed by atoms with van der Waals surface area (Å²) in [7, 11) is -9.72. The van der Waals surface area contributed by atoms with Crippen LogP contribution in [0.4, 0.5) is 0 Å². The van der Waals surface area contributed by atoms with Gasteiger partial charge < -0.3 is 34.4 Å². The van der Waals surface area contributed by atoms with Gasteiger partial charge in [0.05, 0.1) is 25.9 Å². The van der Waals surface area contributed by atoms with Gasteiger partial charge in [-0.1, -0.05) is 117 Å². The van der Waals surface area contributed by atoms with E-state index < -0.39 is 66.2 Å². The topological polar surface area (TPSA) is 216 Å². The number of carbonyl (C=O) groups is 2. The minimum Gasteiger partial charge on any atom is -0.462 e. The van der Waals surface area contributed by atoms with Crippen molar-refractivity contribution in [3.05, 3.63) is 97.2 Å². The molecule has 1 unspecified atom stereocenters. The van der Waals surface area contributed by atoms with E-state index in [1.165, 1.54) is 0 Å². The number of allylic oxidation sites excluding steroid dienone is 16. The van der Waals surface area contributed by atoms with Gasteiger partial charge in [0.25, 0.3) is 0 Å². The molecule has 16 heteroatoms. The quantitative estimate of drug-likeness (QED) is 0.0167. The van der Waals surface area contributed by atoms with Crippen LogP contribution in [-0.2, 0) is 41.8 Å². The van der Waals surface area contributed by atoms with Gasteiger partial charge in [-0.15, -0.1) is 0 Å². The number of unbranched alkanes of at least 4 members (excludes halogenated alkanes) is 6. The van der Waals surface area contributed by atoms with E-state index in [2.05, 4.69) is 101 Å².